The average molecular weight is 417 g/mol. The van der Waals surface area contributed by atoms with Gasteiger partial charge in [-0.25, -0.2) is 9.37 Å². The lowest BCUT2D eigenvalue weighted by Crippen LogP contribution is -2.58. The van der Waals surface area contributed by atoms with Crippen molar-refractivity contribution in [3.05, 3.63) is 23.5 Å². The van der Waals surface area contributed by atoms with Crippen LogP contribution >= 0.6 is 11.3 Å². The smallest absolute Gasteiger partial charge is 0.223 e. The van der Waals surface area contributed by atoms with Crippen molar-refractivity contribution >= 4 is 33.2 Å². The third kappa shape index (κ3) is 3.43. The molecular formula is C22H25FN2O3S. The highest BCUT2D eigenvalue weighted by Gasteiger charge is 2.54. The number of nitrogens with one attached hydrogen (secondary N) is 1. The van der Waals surface area contributed by atoms with Gasteiger partial charge in [0.2, 0.25) is 5.91 Å². The normalized spacial score (nSPS) is 32.9. The molecule has 3 aliphatic carbocycles. The van der Waals surface area contributed by atoms with Crippen molar-refractivity contribution < 1.29 is 18.7 Å². The molecule has 5 nitrogen and oxygen atoms in total. The standard InChI is InChI=1S/C22H25FN2O3S/c1-2-17(26)13-7-22(8-13)9-15(10-22)25-21(27)12-3-16(4-12)28-18-5-14(23)6-19-20(18)24-11-29-19/h5-6,11-13,15-16H,2-4,7-10H2,1H3,(H,25,27). The molecule has 0 atom stereocenters. The zero-order valence-corrected chi connectivity index (χ0v) is 17.3. The Bertz CT molecular complexity index is 954. The second-order valence-corrected chi connectivity index (χ2v) is 9.94. The summed E-state index contributed by atoms with van der Waals surface area (Å²) in [4.78, 5) is 28.5. The van der Waals surface area contributed by atoms with E-state index in [1.54, 1.807) is 5.51 Å². The molecule has 154 valence electrons. The van der Waals surface area contributed by atoms with Gasteiger partial charge < -0.3 is 10.1 Å². The van der Waals surface area contributed by atoms with Crippen molar-refractivity contribution in [3.63, 3.8) is 0 Å². The third-order valence-electron chi connectivity index (χ3n) is 6.99. The second-order valence-electron chi connectivity index (χ2n) is 9.05. The first-order chi connectivity index (χ1) is 13.9. The molecule has 3 aliphatic rings. The Morgan fingerprint density at radius 2 is 2.00 bits per heavy atom. The molecule has 0 radical (unpaired) electrons. The fourth-order valence-electron chi connectivity index (χ4n) is 5.29. The number of rotatable bonds is 6. The van der Waals surface area contributed by atoms with Gasteiger partial charge in [-0.15, -0.1) is 11.3 Å². The molecule has 7 heteroatoms. The Morgan fingerprint density at radius 1 is 1.24 bits per heavy atom. The zero-order chi connectivity index (χ0) is 20.2. The molecule has 2 aromatic rings. The van der Waals surface area contributed by atoms with E-state index < -0.39 is 0 Å². The number of aromatic nitrogens is 1. The van der Waals surface area contributed by atoms with E-state index in [-0.39, 0.29) is 35.7 Å². The number of hydrogen-bond acceptors (Lipinski definition) is 5. The fourth-order valence-corrected chi connectivity index (χ4v) is 6.01. The second kappa shape index (κ2) is 7.04. The molecule has 1 heterocycles. The molecule has 0 bridgehead atoms. The van der Waals surface area contributed by atoms with Crippen LogP contribution in [-0.2, 0) is 9.59 Å². The van der Waals surface area contributed by atoms with Crippen molar-refractivity contribution in [2.24, 2.45) is 17.3 Å². The van der Waals surface area contributed by atoms with E-state index in [0.717, 1.165) is 30.4 Å². The monoisotopic (exact) mass is 416 g/mol. The van der Waals surface area contributed by atoms with Crippen molar-refractivity contribution in [3.8, 4) is 5.75 Å². The summed E-state index contributed by atoms with van der Waals surface area (Å²) >= 11 is 1.38. The number of carbonyl (C=O) groups excluding carboxylic acids is 2. The van der Waals surface area contributed by atoms with Gasteiger partial charge in [0.1, 0.15) is 29.0 Å². The predicted molar refractivity (Wildman–Crippen MR) is 108 cm³/mol. The van der Waals surface area contributed by atoms with Crippen LogP contribution in [-0.4, -0.2) is 28.8 Å². The van der Waals surface area contributed by atoms with E-state index in [1.165, 1.54) is 23.5 Å². The topological polar surface area (TPSA) is 68.3 Å². The highest BCUT2D eigenvalue weighted by molar-refractivity contribution is 7.16. The Labute approximate surface area is 173 Å². The highest BCUT2D eigenvalue weighted by Crippen LogP contribution is 2.59. The number of thiazole rings is 1. The van der Waals surface area contributed by atoms with Crippen LogP contribution in [0.2, 0.25) is 0 Å². The van der Waals surface area contributed by atoms with Gasteiger partial charge in [-0.2, -0.15) is 0 Å². The molecule has 5 rings (SSSR count). The van der Waals surface area contributed by atoms with Crippen LogP contribution in [0.15, 0.2) is 17.6 Å². The number of nitrogens with zero attached hydrogens (tertiary/aromatic N) is 1. The van der Waals surface area contributed by atoms with E-state index in [9.17, 15) is 14.0 Å². The Morgan fingerprint density at radius 3 is 2.72 bits per heavy atom. The number of fused-ring (bicyclic) bond motifs is 1. The van der Waals surface area contributed by atoms with Gasteiger partial charge in [-0.05, 0) is 50.0 Å². The largest absolute Gasteiger partial charge is 0.488 e. The van der Waals surface area contributed by atoms with E-state index >= 15 is 0 Å². The maximum Gasteiger partial charge on any atom is 0.223 e. The molecule has 1 N–H and O–H groups in total. The first-order valence-corrected chi connectivity index (χ1v) is 11.3. The van der Waals surface area contributed by atoms with Crippen LogP contribution < -0.4 is 10.1 Å². The molecule has 0 unspecified atom stereocenters. The molecule has 0 saturated heterocycles. The summed E-state index contributed by atoms with van der Waals surface area (Å²) < 4.78 is 20.4. The summed E-state index contributed by atoms with van der Waals surface area (Å²) in [6, 6.07) is 3.08. The highest BCUT2D eigenvalue weighted by atomic mass is 32.1. The van der Waals surface area contributed by atoms with Gasteiger partial charge in [0.25, 0.3) is 0 Å². The number of ketones is 1. The molecule has 0 aliphatic heterocycles. The Kier molecular flexibility index (Phi) is 4.61. The third-order valence-corrected chi connectivity index (χ3v) is 7.77. The van der Waals surface area contributed by atoms with Gasteiger partial charge in [0, 0.05) is 30.4 Å². The minimum absolute atomic E-state index is 0.0353. The quantitative estimate of drug-likeness (QED) is 0.765. The SMILES string of the molecule is CCC(=O)C1CC2(CC(NC(=O)C3CC(Oc4cc(F)cc5scnc45)C3)C2)C1. The van der Waals surface area contributed by atoms with Gasteiger partial charge in [0.15, 0.2) is 0 Å². The first-order valence-electron chi connectivity index (χ1n) is 10.5. The van der Waals surface area contributed by atoms with E-state index in [4.69, 9.17) is 4.74 Å². The number of carbonyl (C=O) groups is 2. The minimum Gasteiger partial charge on any atom is -0.488 e. The maximum absolute atomic E-state index is 13.7. The summed E-state index contributed by atoms with van der Waals surface area (Å²) in [5, 5.41) is 3.17. The van der Waals surface area contributed by atoms with Crippen LogP contribution in [0.25, 0.3) is 10.2 Å². The molecule has 1 amide bonds. The van der Waals surface area contributed by atoms with Crippen molar-refractivity contribution in [2.75, 3.05) is 0 Å². The zero-order valence-electron chi connectivity index (χ0n) is 16.4. The molecule has 1 aromatic carbocycles. The Hall–Kier alpha value is -2.02. The average Bonchev–Trinajstić information content (AvgIpc) is 3.05. The van der Waals surface area contributed by atoms with E-state index in [0.29, 0.717) is 41.7 Å². The molecule has 29 heavy (non-hydrogen) atoms. The summed E-state index contributed by atoms with van der Waals surface area (Å²) in [6.45, 7) is 1.93. The number of hydrogen-bond donors (Lipinski definition) is 1. The van der Waals surface area contributed by atoms with Crippen molar-refractivity contribution in [2.45, 2.75) is 64.0 Å². The van der Waals surface area contributed by atoms with Gasteiger partial charge in [-0.3, -0.25) is 9.59 Å². The first kappa shape index (κ1) is 19.0. The van der Waals surface area contributed by atoms with E-state index in [2.05, 4.69) is 10.3 Å². The summed E-state index contributed by atoms with van der Waals surface area (Å²) in [6.07, 6.45) is 5.88. The van der Waals surface area contributed by atoms with Gasteiger partial charge >= 0.3 is 0 Å². The molecule has 3 saturated carbocycles. The van der Waals surface area contributed by atoms with Gasteiger partial charge in [0.05, 0.1) is 10.2 Å². The van der Waals surface area contributed by atoms with Crippen LogP contribution in [0, 0.1) is 23.1 Å². The number of amides is 1. The lowest BCUT2D eigenvalue weighted by atomic mass is 9.49. The fraction of sp³-hybridized carbons (Fsp3) is 0.591. The number of benzene rings is 1. The summed E-state index contributed by atoms with van der Waals surface area (Å²) in [5.74, 6) is 0.843. The number of halogens is 1. The molecule has 1 aromatic heterocycles. The molecule has 3 fully saturated rings. The lowest BCUT2D eigenvalue weighted by molar-refractivity contribution is -0.141. The number of Topliss-reactive ketones (excluding diaryl/α,β-unsaturated/α-hetero) is 1. The Balaban J connectivity index is 1.07. The summed E-state index contributed by atoms with van der Waals surface area (Å²) in [5.41, 5.74) is 2.68. The minimum atomic E-state index is -0.330. The van der Waals surface area contributed by atoms with Crippen LogP contribution in [0.5, 0.6) is 5.75 Å². The van der Waals surface area contributed by atoms with Crippen molar-refractivity contribution in [1.29, 1.82) is 0 Å². The van der Waals surface area contributed by atoms with Gasteiger partial charge in [-0.1, -0.05) is 6.92 Å². The van der Waals surface area contributed by atoms with E-state index in [1.807, 2.05) is 6.92 Å². The van der Waals surface area contributed by atoms with Crippen molar-refractivity contribution in [1.82, 2.24) is 10.3 Å². The van der Waals surface area contributed by atoms with Crippen LogP contribution in [0.1, 0.15) is 51.9 Å². The number of ether oxygens (including phenoxy) is 1. The van der Waals surface area contributed by atoms with Crippen LogP contribution in [0.4, 0.5) is 4.39 Å². The summed E-state index contributed by atoms with van der Waals surface area (Å²) in [7, 11) is 0. The lowest BCUT2D eigenvalue weighted by Gasteiger charge is -2.57. The predicted octanol–water partition coefficient (Wildman–Crippen LogP) is 4.25. The van der Waals surface area contributed by atoms with Crippen LogP contribution in [0.3, 0.4) is 0 Å². The maximum atomic E-state index is 13.7. The molecular weight excluding hydrogens is 391 g/mol. The molecule has 1 spiro atoms.